The summed E-state index contributed by atoms with van der Waals surface area (Å²) in [6.45, 7) is 6.29. The number of nitrogens with zero attached hydrogens (tertiary/aromatic N) is 1. The number of carbonyl (C=O) groups excluding carboxylic acids is 1. The van der Waals surface area contributed by atoms with Gasteiger partial charge in [-0.2, -0.15) is 0 Å². The van der Waals surface area contributed by atoms with E-state index in [2.05, 4.69) is 0 Å². The minimum Gasteiger partial charge on any atom is -0.444 e. The van der Waals surface area contributed by atoms with Gasteiger partial charge in [-0.15, -0.1) is 0 Å². The third-order valence-electron chi connectivity index (χ3n) is 3.96. The largest absolute Gasteiger partial charge is 0.444 e. The Morgan fingerprint density at radius 2 is 1.78 bits per heavy atom. The Balaban J connectivity index is 1.91. The summed E-state index contributed by atoms with van der Waals surface area (Å²) in [5.74, 6) is 0. The van der Waals surface area contributed by atoms with Crippen molar-refractivity contribution >= 4 is 6.09 Å². The van der Waals surface area contributed by atoms with Crippen LogP contribution in [-0.4, -0.2) is 45.9 Å². The monoisotopic (exact) mass is 256 g/mol. The molecular weight excluding hydrogens is 232 g/mol. The summed E-state index contributed by atoms with van der Waals surface area (Å²) in [7, 11) is 0. The number of amides is 1. The molecule has 3 N–H and O–H groups in total. The molecule has 1 heterocycles. The fourth-order valence-corrected chi connectivity index (χ4v) is 2.84. The van der Waals surface area contributed by atoms with Crippen molar-refractivity contribution in [1.29, 1.82) is 0 Å². The topological polar surface area (TPSA) is 75.8 Å². The molecule has 1 amide bonds. The molecule has 1 aliphatic heterocycles. The van der Waals surface area contributed by atoms with Crippen molar-refractivity contribution < 1.29 is 14.6 Å². The highest BCUT2D eigenvalue weighted by Gasteiger charge is 2.57. The van der Waals surface area contributed by atoms with Gasteiger partial charge in [0.05, 0.1) is 11.1 Å². The Labute approximate surface area is 108 Å². The van der Waals surface area contributed by atoms with E-state index in [1.54, 1.807) is 4.90 Å². The van der Waals surface area contributed by atoms with Crippen molar-refractivity contribution in [2.45, 2.75) is 63.2 Å². The number of aliphatic hydroxyl groups is 1. The highest BCUT2D eigenvalue weighted by molar-refractivity contribution is 5.70. The Kier molecular flexibility index (Phi) is 3.10. The number of hydrogen-bond acceptors (Lipinski definition) is 4. The Hall–Kier alpha value is -0.810. The van der Waals surface area contributed by atoms with Crippen LogP contribution in [0.1, 0.15) is 46.5 Å². The smallest absolute Gasteiger partial charge is 0.410 e. The zero-order valence-corrected chi connectivity index (χ0v) is 11.5. The van der Waals surface area contributed by atoms with Gasteiger partial charge in [-0.3, -0.25) is 0 Å². The fourth-order valence-electron chi connectivity index (χ4n) is 2.84. The normalized spacial score (nSPS) is 25.7. The van der Waals surface area contributed by atoms with Crippen molar-refractivity contribution in [3.8, 4) is 0 Å². The van der Waals surface area contributed by atoms with Crippen molar-refractivity contribution in [2.24, 2.45) is 5.73 Å². The van der Waals surface area contributed by atoms with Crippen LogP contribution in [0, 0.1) is 0 Å². The summed E-state index contributed by atoms with van der Waals surface area (Å²) in [4.78, 5) is 13.4. The minimum atomic E-state index is -0.800. The van der Waals surface area contributed by atoms with Gasteiger partial charge in [-0.05, 0) is 33.6 Å². The van der Waals surface area contributed by atoms with E-state index in [1.807, 2.05) is 20.8 Å². The molecule has 2 fully saturated rings. The van der Waals surface area contributed by atoms with E-state index >= 15 is 0 Å². The van der Waals surface area contributed by atoms with Crippen LogP contribution in [0.25, 0.3) is 0 Å². The molecule has 5 nitrogen and oxygen atoms in total. The first-order valence-corrected chi connectivity index (χ1v) is 6.64. The molecule has 0 unspecified atom stereocenters. The maximum absolute atomic E-state index is 11.8. The van der Waals surface area contributed by atoms with Crippen LogP contribution in [-0.2, 0) is 4.74 Å². The molecule has 0 radical (unpaired) electrons. The van der Waals surface area contributed by atoms with Crippen LogP contribution in [0.15, 0.2) is 0 Å². The van der Waals surface area contributed by atoms with Gasteiger partial charge in [-0.25, -0.2) is 4.79 Å². The van der Waals surface area contributed by atoms with E-state index in [-0.39, 0.29) is 6.09 Å². The van der Waals surface area contributed by atoms with Crippen LogP contribution >= 0.6 is 0 Å². The Bertz CT molecular complexity index is 337. The van der Waals surface area contributed by atoms with E-state index in [0.717, 1.165) is 25.7 Å². The summed E-state index contributed by atoms with van der Waals surface area (Å²) in [5, 5.41) is 10.5. The van der Waals surface area contributed by atoms with E-state index < -0.39 is 16.7 Å². The zero-order chi connectivity index (χ0) is 13.6. The van der Waals surface area contributed by atoms with Gasteiger partial charge in [0.15, 0.2) is 0 Å². The molecule has 2 rings (SSSR count). The fraction of sp³-hybridized carbons (Fsp3) is 0.923. The summed E-state index contributed by atoms with van der Waals surface area (Å²) < 4.78 is 5.28. The third-order valence-corrected chi connectivity index (χ3v) is 3.96. The second kappa shape index (κ2) is 4.10. The second-order valence-electron chi connectivity index (χ2n) is 6.73. The molecule has 0 spiro atoms. The first-order chi connectivity index (χ1) is 8.15. The molecule has 0 aromatic heterocycles. The quantitative estimate of drug-likeness (QED) is 0.740. The van der Waals surface area contributed by atoms with Crippen LogP contribution in [0.4, 0.5) is 4.79 Å². The standard InChI is InChI=1S/C13H24N2O3/c1-11(2,3)18-10(16)15-8-12(14,9-15)13(17)6-4-5-7-13/h17H,4-9,14H2,1-3H3. The number of carbonyl (C=O) groups is 1. The van der Waals surface area contributed by atoms with Crippen LogP contribution in [0.5, 0.6) is 0 Å². The number of likely N-dealkylation sites (tertiary alicyclic amines) is 1. The average molecular weight is 256 g/mol. The van der Waals surface area contributed by atoms with E-state index in [9.17, 15) is 9.90 Å². The predicted molar refractivity (Wildman–Crippen MR) is 68.1 cm³/mol. The number of nitrogens with two attached hydrogens (primary N) is 1. The van der Waals surface area contributed by atoms with Crippen molar-refractivity contribution in [2.75, 3.05) is 13.1 Å². The highest BCUT2D eigenvalue weighted by Crippen LogP contribution is 2.41. The van der Waals surface area contributed by atoms with Crippen LogP contribution in [0.2, 0.25) is 0 Å². The molecule has 104 valence electrons. The summed E-state index contributed by atoms with van der Waals surface area (Å²) in [6, 6.07) is 0. The van der Waals surface area contributed by atoms with Gasteiger partial charge in [0.1, 0.15) is 5.60 Å². The van der Waals surface area contributed by atoms with Gasteiger partial charge in [0.25, 0.3) is 0 Å². The predicted octanol–water partition coefficient (Wildman–Crippen LogP) is 1.24. The van der Waals surface area contributed by atoms with Gasteiger partial charge in [0.2, 0.25) is 0 Å². The zero-order valence-electron chi connectivity index (χ0n) is 11.5. The average Bonchev–Trinajstić information content (AvgIpc) is 2.58. The van der Waals surface area contributed by atoms with E-state index in [4.69, 9.17) is 10.5 Å². The maximum atomic E-state index is 11.8. The number of hydrogen-bond donors (Lipinski definition) is 2. The lowest BCUT2D eigenvalue weighted by Crippen LogP contribution is -2.78. The van der Waals surface area contributed by atoms with Gasteiger partial charge < -0.3 is 20.5 Å². The second-order valence-corrected chi connectivity index (χ2v) is 6.73. The van der Waals surface area contributed by atoms with Crippen molar-refractivity contribution in [3.63, 3.8) is 0 Å². The summed E-state index contributed by atoms with van der Waals surface area (Å²) in [6.07, 6.45) is 3.17. The molecule has 2 aliphatic rings. The molecular formula is C13H24N2O3. The molecule has 0 aromatic rings. The maximum Gasteiger partial charge on any atom is 0.410 e. The number of rotatable bonds is 1. The first kappa shape index (κ1) is 13.6. The molecule has 0 atom stereocenters. The lowest BCUT2D eigenvalue weighted by atomic mass is 9.73. The van der Waals surface area contributed by atoms with Gasteiger partial charge >= 0.3 is 6.09 Å². The van der Waals surface area contributed by atoms with Gasteiger partial charge in [0, 0.05) is 13.1 Å². The highest BCUT2D eigenvalue weighted by atomic mass is 16.6. The van der Waals surface area contributed by atoms with Crippen molar-refractivity contribution in [3.05, 3.63) is 0 Å². The number of ether oxygens (including phenoxy) is 1. The molecule has 1 aliphatic carbocycles. The summed E-state index contributed by atoms with van der Waals surface area (Å²) >= 11 is 0. The Morgan fingerprint density at radius 1 is 1.28 bits per heavy atom. The molecule has 1 saturated carbocycles. The lowest BCUT2D eigenvalue weighted by Gasteiger charge is -2.54. The molecule has 1 saturated heterocycles. The van der Waals surface area contributed by atoms with Crippen LogP contribution in [0.3, 0.4) is 0 Å². The minimum absolute atomic E-state index is 0.342. The molecule has 18 heavy (non-hydrogen) atoms. The molecule has 5 heteroatoms. The summed E-state index contributed by atoms with van der Waals surface area (Å²) in [5.41, 5.74) is 4.29. The SMILES string of the molecule is CC(C)(C)OC(=O)N1CC(N)(C2(O)CCCC2)C1. The third kappa shape index (κ3) is 2.34. The lowest BCUT2D eigenvalue weighted by molar-refractivity contribution is -0.101. The molecule has 0 aromatic carbocycles. The molecule has 0 bridgehead atoms. The van der Waals surface area contributed by atoms with E-state index in [0.29, 0.717) is 13.1 Å². The van der Waals surface area contributed by atoms with Crippen molar-refractivity contribution in [1.82, 2.24) is 4.90 Å². The Morgan fingerprint density at radius 3 is 2.22 bits per heavy atom. The first-order valence-electron chi connectivity index (χ1n) is 6.64. The van der Waals surface area contributed by atoms with Crippen LogP contribution < -0.4 is 5.73 Å². The van der Waals surface area contributed by atoms with Gasteiger partial charge in [-0.1, -0.05) is 12.8 Å². The van der Waals surface area contributed by atoms with E-state index in [1.165, 1.54) is 0 Å².